The predicted octanol–water partition coefficient (Wildman–Crippen LogP) is 2.84. The molecular formula is C25H37N3O3. The Balaban J connectivity index is 1.30. The zero-order chi connectivity index (χ0) is 21.6. The van der Waals surface area contributed by atoms with Crippen LogP contribution in [-0.4, -0.2) is 78.5 Å². The molecule has 2 amide bonds. The third-order valence-electron chi connectivity index (χ3n) is 7.14. The van der Waals surface area contributed by atoms with Crippen LogP contribution in [0.1, 0.15) is 49.7 Å². The number of aryl methyl sites for hydroxylation is 1. The molecular weight excluding hydrogens is 390 g/mol. The number of rotatable bonds is 8. The lowest BCUT2D eigenvalue weighted by molar-refractivity contribution is -0.140. The fourth-order valence-electron chi connectivity index (χ4n) is 5.11. The largest absolute Gasteiger partial charge is 0.376 e. The molecule has 1 aromatic rings. The van der Waals surface area contributed by atoms with Crippen molar-refractivity contribution in [2.24, 2.45) is 5.92 Å². The van der Waals surface area contributed by atoms with Gasteiger partial charge in [0, 0.05) is 39.2 Å². The topological polar surface area (TPSA) is 53.1 Å². The first-order valence-electron chi connectivity index (χ1n) is 12.0. The van der Waals surface area contributed by atoms with E-state index in [0.717, 1.165) is 71.4 Å². The zero-order valence-electron chi connectivity index (χ0n) is 18.9. The van der Waals surface area contributed by atoms with E-state index in [2.05, 4.69) is 36.1 Å². The molecule has 3 fully saturated rings. The van der Waals surface area contributed by atoms with Gasteiger partial charge in [0.25, 0.3) is 0 Å². The quantitative estimate of drug-likeness (QED) is 0.640. The summed E-state index contributed by atoms with van der Waals surface area (Å²) in [5.41, 5.74) is 2.76. The van der Waals surface area contributed by atoms with Crippen LogP contribution in [0, 0.1) is 12.8 Å². The van der Waals surface area contributed by atoms with Gasteiger partial charge in [0.2, 0.25) is 11.8 Å². The Morgan fingerprint density at radius 2 is 1.90 bits per heavy atom. The van der Waals surface area contributed by atoms with Gasteiger partial charge in [-0.25, -0.2) is 0 Å². The van der Waals surface area contributed by atoms with Crippen LogP contribution >= 0.6 is 0 Å². The normalized spacial score (nSPS) is 22.9. The smallest absolute Gasteiger partial charge is 0.242 e. The van der Waals surface area contributed by atoms with Crippen LogP contribution in [0.5, 0.6) is 0 Å². The maximum atomic E-state index is 13.1. The van der Waals surface area contributed by atoms with Crippen LogP contribution < -0.4 is 0 Å². The summed E-state index contributed by atoms with van der Waals surface area (Å²) < 4.78 is 5.83. The third kappa shape index (κ3) is 6.07. The Hall–Kier alpha value is -1.92. The number of hydrogen-bond acceptors (Lipinski definition) is 4. The second-order valence-corrected chi connectivity index (χ2v) is 9.50. The van der Waals surface area contributed by atoms with Crippen molar-refractivity contribution >= 4 is 11.8 Å². The molecule has 3 heterocycles. The van der Waals surface area contributed by atoms with Gasteiger partial charge in [-0.2, -0.15) is 0 Å². The van der Waals surface area contributed by atoms with Gasteiger partial charge in [-0.15, -0.1) is 0 Å². The molecule has 0 spiro atoms. The van der Waals surface area contributed by atoms with Crippen LogP contribution in [0.2, 0.25) is 0 Å². The highest BCUT2D eigenvalue weighted by Gasteiger charge is 2.30. The molecule has 0 aromatic heterocycles. The average Bonchev–Trinajstić information content (AvgIpc) is 3.42. The van der Waals surface area contributed by atoms with E-state index in [-0.39, 0.29) is 24.5 Å². The minimum Gasteiger partial charge on any atom is -0.376 e. The van der Waals surface area contributed by atoms with Gasteiger partial charge < -0.3 is 14.5 Å². The molecule has 1 atom stereocenters. The fourth-order valence-corrected chi connectivity index (χ4v) is 5.11. The summed E-state index contributed by atoms with van der Waals surface area (Å²) in [6.45, 7) is 8.55. The molecule has 3 saturated heterocycles. The van der Waals surface area contributed by atoms with Crippen molar-refractivity contribution in [3.63, 3.8) is 0 Å². The first-order chi connectivity index (χ1) is 15.1. The van der Waals surface area contributed by atoms with Gasteiger partial charge >= 0.3 is 0 Å². The Kier molecular flexibility index (Phi) is 7.62. The standard InChI is InChI=1S/C25H37N3O3/c1-20-6-2-3-7-22(20)17-26-13-10-21(11-14-26)16-28(18-23-8-5-15-31-23)25(30)19-27-12-4-9-24(27)29/h2-3,6-7,21,23H,4-5,8-19H2,1H3. The maximum absolute atomic E-state index is 13.1. The van der Waals surface area contributed by atoms with E-state index < -0.39 is 0 Å². The lowest BCUT2D eigenvalue weighted by atomic mass is 9.95. The summed E-state index contributed by atoms with van der Waals surface area (Å²) in [4.78, 5) is 31.4. The fraction of sp³-hybridized carbons (Fsp3) is 0.680. The maximum Gasteiger partial charge on any atom is 0.242 e. The Labute approximate surface area is 186 Å². The second kappa shape index (κ2) is 10.6. The highest BCUT2D eigenvalue weighted by Crippen LogP contribution is 2.23. The van der Waals surface area contributed by atoms with Crippen molar-refractivity contribution in [3.05, 3.63) is 35.4 Å². The van der Waals surface area contributed by atoms with E-state index in [1.54, 1.807) is 4.90 Å². The molecule has 0 N–H and O–H groups in total. The van der Waals surface area contributed by atoms with Crippen molar-refractivity contribution in [2.45, 2.75) is 58.1 Å². The molecule has 31 heavy (non-hydrogen) atoms. The summed E-state index contributed by atoms with van der Waals surface area (Å²) in [5.74, 6) is 0.732. The lowest BCUT2D eigenvalue weighted by Crippen LogP contribution is -2.47. The summed E-state index contributed by atoms with van der Waals surface area (Å²) in [6, 6.07) is 8.63. The van der Waals surface area contributed by atoms with Crippen LogP contribution in [-0.2, 0) is 20.9 Å². The summed E-state index contributed by atoms with van der Waals surface area (Å²) in [7, 11) is 0. The first-order valence-corrected chi connectivity index (χ1v) is 12.0. The number of likely N-dealkylation sites (tertiary alicyclic amines) is 2. The molecule has 1 aromatic carbocycles. The molecule has 6 nitrogen and oxygen atoms in total. The van der Waals surface area contributed by atoms with Gasteiger partial charge in [0.15, 0.2) is 0 Å². The van der Waals surface area contributed by atoms with Crippen molar-refractivity contribution in [2.75, 3.05) is 45.9 Å². The molecule has 0 saturated carbocycles. The number of carbonyl (C=O) groups excluding carboxylic acids is 2. The van der Waals surface area contributed by atoms with Gasteiger partial charge in [0.05, 0.1) is 12.6 Å². The van der Waals surface area contributed by atoms with E-state index in [4.69, 9.17) is 4.74 Å². The van der Waals surface area contributed by atoms with E-state index in [9.17, 15) is 9.59 Å². The summed E-state index contributed by atoms with van der Waals surface area (Å²) in [5, 5.41) is 0. The van der Waals surface area contributed by atoms with E-state index in [0.29, 0.717) is 18.9 Å². The second-order valence-electron chi connectivity index (χ2n) is 9.50. The van der Waals surface area contributed by atoms with Gasteiger partial charge in [0.1, 0.15) is 0 Å². The molecule has 3 aliphatic heterocycles. The van der Waals surface area contributed by atoms with Crippen LogP contribution in [0.3, 0.4) is 0 Å². The molecule has 1 unspecified atom stereocenters. The number of benzene rings is 1. The summed E-state index contributed by atoms with van der Waals surface area (Å²) >= 11 is 0. The average molecular weight is 428 g/mol. The van der Waals surface area contributed by atoms with E-state index in [1.807, 2.05) is 4.90 Å². The van der Waals surface area contributed by atoms with Crippen LogP contribution in [0.25, 0.3) is 0 Å². The Morgan fingerprint density at radius 3 is 2.58 bits per heavy atom. The number of amides is 2. The van der Waals surface area contributed by atoms with E-state index >= 15 is 0 Å². The Bertz CT molecular complexity index is 754. The monoisotopic (exact) mass is 427 g/mol. The molecule has 0 bridgehead atoms. The number of hydrogen-bond donors (Lipinski definition) is 0. The molecule has 0 radical (unpaired) electrons. The van der Waals surface area contributed by atoms with E-state index in [1.165, 1.54) is 11.1 Å². The van der Waals surface area contributed by atoms with Crippen molar-refractivity contribution in [1.82, 2.24) is 14.7 Å². The minimum absolute atomic E-state index is 0.0908. The van der Waals surface area contributed by atoms with Gasteiger partial charge in [-0.05, 0) is 69.2 Å². The van der Waals surface area contributed by atoms with Crippen LogP contribution in [0.4, 0.5) is 0 Å². The molecule has 0 aliphatic carbocycles. The molecule has 4 rings (SSSR count). The Morgan fingerprint density at radius 1 is 1.10 bits per heavy atom. The summed E-state index contributed by atoms with van der Waals surface area (Å²) in [6.07, 6.45) is 5.94. The van der Waals surface area contributed by atoms with Crippen molar-refractivity contribution < 1.29 is 14.3 Å². The zero-order valence-corrected chi connectivity index (χ0v) is 18.9. The number of carbonyl (C=O) groups is 2. The lowest BCUT2D eigenvalue weighted by Gasteiger charge is -2.36. The number of ether oxygens (including phenoxy) is 1. The predicted molar refractivity (Wildman–Crippen MR) is 121 cm³/mol. The highest BCUT2D eigenvalue weighted by molar-refractivity contribution is 5.85. The minimum atomic E-state index is 0.0908. The third-order valence-corrected chi connectivity index (χ3v) is 7.14. The van der Waals surface area contributed by atoms with Gasteiger partial charge in [-0.1, -0.05) is 24.3 Å². The number of nitrogens with zero attached hydrogens (tertiary/aromatic N) is 3. The molecule has 170 valence electrons. The molecule has 6 heteroatoms. The van der Waals surface area contributed by atoms with Gasteiger partial charge in [-0.3, -0.25) is 14.5 Å². The van der Waals surface area contributed by atoms with Crippen LogP contribution in [0.15, 0.2) is 24.3 Å². The first kappa shape index (κ1) is 22.3. The number of piperidine rings is 1. The van der Waals surface area contributed by atoms with Crippen molar-refractivity contribution in [3.8, 4) is 0 Å². The van der Waals surface area contributed by atoms with Crippen molar-refractivity contribution in [1.29, 1.82) is 0 Å². The SMILES string of the molecule is Cc1ccccc1CN1CCC(CN(CC2CCCO2)C(=O)CN2CCCC2=O)CC1. The molecule has 3 aliphatic rings. The highest BCUT2D eigenvalue weighted by atomic mass is 16.5.